The normalized spacial score (nSPS) is 20.9. The zero-order valence-electron chi connectivity index (χ0n) is 26.2. The molecule has 2 aromatic rings. The van der Waals surface area contributed by atoms with Crippen molar-refractivity contribution in [1.29, 1.82) is 5.41 Å². The van der Waals surface area contributed by atoms with Gasteiger partial charge in [0.05, 0.1) is 22.8 Å². The third-order valence-corrected chi connectivity index (χ3v) is 10.2. The largest absolute Gasteiger partial charge is 0.417 e. The first-order chi connectivity index (χ1) is 22.6. The molecule has 48 heavy (non-hydrogen) atoms. The van der Waals surface area contributed by atoms with E-state index in [1.165, 1.54) is 6.08 Å². The molecular formula is C32H34ClF7N6OS. The summed E-state index contributed by atoms with van der Waals surface area (Å²) in [6, 6.07) is 1.18. The minimum Gasteiger partial charge on any atom is -0.350 e. The first-order valence-corrected chi connectivity index (χ1v) is 16.6. The minimum atomic E-state index is -5.01. The van der Waals surface area contributed by atoms with Gasteiger partial charge in [0.15, 0.2) is 0 Å². The van der Waals surface area contributed by atoms with Crippen molar-refractivity contribution in [2.75, 3.05) is 58.1 Å². The average Bonchev–Trinajstić information content (AvgIpc) is 3.02. The number of rotatable bonds is 7. The fourth-order valence-electron chi connectivity index (χ4n) is 6.31. The third-order valence-electron chi connectivity index (χ3n) is 8.75. The molecule has 1 N–H and O–H groups in total. The highest BCUT2D eigenvalue weighted by molar-refractivity contribution is 8.00. The quantitative estimate of drug-likeness (QED) is 0.112. The molecule has 3 aliphatic heterocycles. The van der Waals surface area contributed by atoms with Crippen molar-refractivity contribution in [3.63, 3.8) is 0 Å². The molecule has 2 fully saturated rings. The maximum absolute atomic E-state index is 15.3. The summed E-state index contributed by atoms with van der Waals surface area (Å²) in [5.41, 5.74) is -1.86. The van der Waals surface area contributed by atoms with E-state index in [1.807, 2.05) is 4.90 Å². The summed E-state index contributed by atoms with van der Waals surface area (Å²) in [6.45, 7) is 9.15. The van der Waals surface area contributed by atoms with Crippen molar-refractivity contribution < 1.29 is 35.5 Å². The van der Waals surface area contributed by atoms with Gasteiger partial charge in [0.25, 0.3) is 6.43 Å². The summed E-state index contributed by atoms with van der Waals surface area (Å²) in [4.78, 5) is 24.0. The number of hydrogen-bond acceptors (Lipinski definition) is 6. The Balaban J connectivity index is 1.61. The maximum atomic E-state index is 15.3. The lowest BCUT2D eigenvalue weighted by molar-refractivity contribution is -0.137. The smallest absolute Gasteiger partial charge is 0.350 e. The second-order valence-electron chi connectivity index (χ2n) is 12.1. The van der Waals surface area contributed by atoms with Crippen LogP contribution in [0.15, 0.2) is 40.7 Å². The highest BCUT2D eigenvalue weighted by Gasteiger charge is 2.41. The fraction of sp³-hybridized carbons (Fsp3) is 0.469. The Hall–Kier alpha value is -3.14. The number of amides is 1. The third kappa shape index (κ3) is 7.53. The van der Waals surface area contributed by atoms with E-state index in [1.54, 1.807) is 28.5 Å². The van der Waals surface area contributed by atoms with Gasteiger partial charge in [0.1, 0.15) is 17.5 Å². The number of carbonyl (C=O) groups is 1. The van der Waals surface area contributed by atoms with Crippen LogP contribution in [0.4, 0.5) is 36.4 Å². The average molecular weight is 719 g/mol. The second kappa shape index (κ2) is 14.4. The molecular weight excluding hydrogens is 685 g/mol. The van der Waals surface area contributed by atoms with Crippen molar-refractivity contribution in [3.05, 3.63) is 58.6 Å². The molecule has 3 heterocycles. The van der Waals surface area contributed by atoms with Crippen molar-refractivity contribution in [1.82, 2.24) is 19.6 Å². The van der Waals surface area contributed by atoms with Crippen LogP contribution in [0.25, 0.3) is 11.1 Å². The zero-order valence-corrected chi connectivity index (χ0v) is 27.8. The lowest BCUT2D eigenvalue weighted by atomic mass is 9.93. The number of fused-ring (bicyclic) bond motifs is 1. The Morgan fingerprint density at radius 3 is 2.31 bits per heavy atom. The Morgan fingerprint density at radius 1 is 1.06 bits per heavy atom. The maximum Gasteiger partial charge on any atom is 0.417 e. The topological polar surface area (TPSA) is 66.2 Å². The number of nitrogens with zero attached hydrogens (tertiary/aromatic N) is 5. The van der Waals surface area contributed by atoms with Crippen LogP contribution < -0.4 is 0 Å². The molecule has 2 atom stereocenters. The van der Waals surface area contributed by atoms with Crippen LogP contribution in [0, 0.1) is 17.0 Å². The summed E-state index contributed by atoms with van der Waals surface area (Å²) < 4.78 is 99.7. The molecule has 0 spiro atoms. The van der Waals surface area contributed by atoms with Crippen LogP contribution in [-0.2, 0) is 11.0 Å². The van der Waals surface area contributed by atoms with E-state index in [0.717, 1.165) is 23.9 Å². The standard InChI is InChI=1S/C32H34ClF7N6OS/c1-4-27(47)45-12-18(3)46(13-17(45)2)31(41)21-9-22(32(38,39)40)28(20-10-23(33)25(35)11-24(20)34)30-29(21)42-19(16-48-30)14-43-5-7-44(8-6-43)15-26(36)37/h4,9-11,17-18,26,41H,1,5-8,12-16H2,2-3H3/t17-,18+/m1/s1. The Bertz CT molecular complexity index is 1630. The molecule has 1 amide bonds. The molecule has 0 aliphatic carbocycles. The van der Waals surface area contributed by atoms with E-state index in [0.29, 0.717) is 44.5 Å². The van der Waals surface area contributed by atoms with Gasteiger partial charge in [-0.3, -0.25) is 25.0 Å². The highest BCUT2D eigenvalue weighted by atomic mass is 35.5. The number of nitrogens with one attached hydrogen (secondary N) is 1. The van der Waals surface area contributed by atoms with Gasteiger partial charge in [-0.1, -0.05) is 18.2 Å². The van der Waals surface area contributed by atoms with Gasteiger partial charge in [-0.2, -0.15) is 13.2 Å². The van der Waals surface area contributed by atoms with Crippen LogP contribution in [0.5, 0.6) is 0 Å². The van der Waals surface area contributed by atoms with Crippen LogP contribution in [0.1, 0.15) is 25.0 Å². The number of alkyl halides is 5. The van der Waals surface area contributed by atoms with Crippen molar-refractivity contribution in [2.24, 2.45) is 4.99 Å². The van der Waals surface area contributed by atoms with E-state index >= 15 is 4.39 Å². The van der Waals surface area contributed by atoms with Crippen molar-refractivity contribution in [2.45, 2.75) is 43.4 Å². The SMILES string of the molecule is C=CC(=O)N1C[C@H](C)N(C(=N)c2cc(C(F)(F)F)c(-c3cc(Cl)c(F)cc3F)c3c2N=C(CN2CCN(CC(F)F)CC2)CS3)C[C@H]1C. The number of carbonyl (C=O) groups excluding carboxylic acids is 1. The highest BCUT2D eigenvalue weighted by Crippen LogP contribution is 2.51. The molecule has 0 unspecified atom stereocenters. The minimum absolute atomic E-state index is 0.0298. The van der Waals surface area contributed by atoms with Crippen LogP contribution in [0.3, 0.4) is 0 Å². The molecule has 0 radical (unpaired) electrons. The Morgan fingerprint density at radius 2 is 1.69 bits per heavy atom. The van der Waals surface area contributed by atoms with Gasteiger partial charge in [-0.05, 0) is 32.1 Å². The van der Waals surface area contributed by atoms with Crippen molar-refractivity contribution >= 4 is 46.5 Å². The van der Waals surface area contributed by atoms with E-state index in [-0.39, 0.29) is 53.3 Å². The Labute approximate surface area is 282 Å². The van der Waals surface area contributed by atoms with Gasteiger partial charge in [-0.25, -0.2) is 17.6 Å². The molecule has 0 bridgehead atoms. The number of amidine groups is 1. The number of thioether (sulfide) groups is 1. The monoisotopic (exact) mass is 718 g/mol. The summed E-state index contributed by atoms with van der Waals surface area (Å²) >= 11 is 6.93. The predicted molar refractivity (Wildman–Crippen MR) is 173 cm³/mol. The van der Waals surface area contributed by atoms with E-state index in [9.17, 15) is 36.5 Å². The van der Waals surface area contributed by atoms with Gasteiger partial charge in [0, 0.05) is 97.0 Å². The molecule has 0 saturated carbocycles. The van der Waals surface area contributed by atoms with Crippen LogP contribution in [0.2, 0.25) is 5.02 Å². The summed E-state index contributed by atoms with van der Waals surface area (Å²) in [5.74, 6) is -2.79. The summed E-state index contributed by atoms with van der Waals surface area (Å²) in [6.07, 6.45) is -6.28. The lowest BCUT2D eigenvalue weighted by Crippen LogP contribution is -2.59. The molecule has 2 aromatic carbocycles. The van der Waals surface area contributed by atoms with Crippen LogP contribution >= 0.6 is 23.4 Å². The summed E-state index contributed by atoms with van der Waals surface area (Å²) in [7, 11) is 0. The number of aliphatic imine (C=N–C) groups is 1. The van der Waals surface area contributed by atoms with Gasteiger partial charge in [-0.15, -0.1) is 11.8 Å². The first kappa shape index (κ1) is 36.1. The molecule has 16 heteroatoms. The van der Waals surface area contributed by atoms with E-state index in [4.69, 9.17) is 16.6 Å². The van der Waals surface area contributed by atoms with Gasteiger partial charge >= 0.3 is 6.18 Å². The van der Waals surface area contributed by atoms with E-state index < -0.39 is 58.0 Å². The molecule has 260 valence electrons. The molecule has 3 aliphatic rings. The summed E-state index contributed by atoms with van der Waals surface area (Å²) in [5, 5.41) is 8.66. The first-order valence-electron chi connectivity index (χ1n) is 15.2. The van der Waals surface area contributed by atoms with E-state index in [2.05, 4.69) is 6.58 Å². The lowest BCUT2D eigenvalue weighted by Gasteiger charge is -2.45. The predicted octanol–water partition coefficient (Wildman–Crippen LogP) is 6.80. The van der Waals surface area contributed by atoms with Crippen LogP contribution in [-0.4, -0.2) is 114 Å². The van der Waals surface area contributed by atoms with Gasteiger partial charge < -0.3 is 9.80 Å². The molecule has 2 saturated heterocycles. The van der Waals surface area contributed by atoms with Gasteiger partial charge in [0.2, 0.25) is 5.91 Å². The number of hydrogen-bond donors (Lipinski definition) is 1. The fourth-order valence-corrected chi connectivity index (χ4v) is 7.60. The Kier molecular flexibility index (Phi) is 10.8. The molecule has 7 nitrogen and oxygen atoms in total. The number of piperazine rings is 2. The second-order valence-corrected chi connectivity index (χ2v) is 13.5. The number of benzene rings is 2. The van der Waals surface area contributed by atoms with Crippen molar-refractivity contribution in [3.8, 4) is 11.1 Å². The molecule has 5 rings (SSSR count). The molecule has 0 aromatic heterocycles. The zero-order chi connectivity index (χ0) is 35.1. The number of halogens is 8.